The summed E-state index contributed by atoms with van der Waals surface area (Å²) >= 11 is 0. The van der Waals surface area contributed by atoms with Crippen molar-refractivity contribution in [1.82, 2.24) is 5.06 Å². The van der Waals surface area contributed by atoms with E-state index in [9.17, 15) is 0 Å². The maximum Gasteiger partial charge on any atom is 0.226 e. The molecule has 0 atom stereocenters. The van der Waals surface area contributed by atoms with E-state index in [1.165, 1.54) is 5.06 Å². The van der Waals surface area contributed by atoms with Gasteiger partial charge in [0.2, 0.25) is 11.9 Å². The number of guanidine groups is 2. The molecule has 1 rings (SSSR count). The summed E-state index contributed by atoms with van der Waals surface area (Å²) in [6, 6.07) is 0. The van der Waals surface area contributed by atoms with Crippen LogP contribution in [-0.2, 0) is 4.84 Å². The summed E-state index contributed by atoms with van der Waals surface area (Å²) < 4.78 is 0. The second-order valence-corrected chi connectivity index (χ2v) is 3.59. The Morgan fingerprint density at radius 1 is 1.47 bits per heavy atom. The molecule has 0 unspecified atom stereocenters. The number of rotatable bonds is 3. The molecule has 4 N–H and O–H groups in total. The van der Waals surface area contributed by atoms with Gasteiger partial charge in [-0.05, 0) is 20.8 Å². The average Bonchev–Trinajstić information content (AvgIpc) is 2.08. The van der Waals surface area contributed by atoms with Crippen molar-refractivity contribution >= 4 is 11.9 Å². The summed E-state index contributed by atoms with van der Waals surface area (Å²) in [6.45, 7) is 6.03. The Morgan fingerprint density at radius 3 is 2.67 bits per heavy atom. The first kappa shape index (κ1) is 11.5. The molecule has 1 aliphatic rings. The molecule has 0 bridgehead atoms. The van der Waals surface area contributed by atoms with Gasteiger partial charge in [-0.15, -0.1) is 0 Å². The molecule has 0 aromatic heterocycles. The zero-order valence-corrected chi connectivity index (χ0v) is 9.27. The standard InChI is InChI=1S/C9H17N5O/c1-4-5-6-15-14-8(11)12-7(10)13-9(14,2)3/h4-5H,6H2,1-3H3,(H4,10,11,12,13)/b5-4+. The number of nitrogens with zero attached hydrogens (tertiary/aromatic N) is 3. The maximum absolute atomic E-state index is 5.69. The number of hydrogen-bond acceptors (Lipinski definition) is 6. The van der Waals surface area contributed by atoms with Crippen LogP contribution in [0.1, 0.15) is 20.8 Å². The number of nitrogens with two attached hydrogens (primary N) is 2. The van der Waals surface area contributed by atoms with Crippen molar-refractivity contribution in [2.24, 2.45) is 21.5 Å². The van der Waals surface area contributed by atoms with Crippen LogP contribution in [0, 0.1) is 0 Å². The van der Waals surface area contributed by atoms with Gasteiger partial charge < -0.3 is 11.5 Å². The highest BCUT2D eigenvalue weighted by Crippen LogP contribution is 2.19. The van der Waals surface area contributed by atoms with E-state index < -0.39 is 5.66 Å². The third-order valence-corrected chi connectivity index (χ3v) is 1.86. The molecule has 6 heteroatoms. The summed E-state index contributed by atoms with van der Waals surface area (Å²) in [4.78, 5) is 13.4. The lowest BCUT2D eigenvalue weighted by Gasteiger charge is -2.36. The lowest BCUT2D eigenvalue weighted by Crippen LogP contribution is -2.53. The van der Waals surface area contributed by atoms with Gasteiger partial charge in [-0.1, -0.05) is 12.2 Å². The zero-order chi connectivity index (χ0) is 11.5. The summed E-state index contributed by atoms with van der Waals surface area (Å²) in [5.74, 6) is 0.389. The molecule has 0 amide bonds. The molecule has 0 saturated carbocycles. The largest absolute Gasteiger partial charge is 0.368 e. The van der Waals surface area contributed by atoms with Gasteiger partial charge >= 0.3 is 0 Å². The third-order valence-electron chi connectivity index (χ3n) is 1.86. The van der Waals surface area contributed by atoms with Crippen molar-refractivity contribution in [1.29, 1.82) is 0 Å². The quantitative estimate of drug-likeness (QED) is 0.651. The van der Waals surface area contributed by atoms with E-state index in [1.54, 1.807) is 0 Å². The number of allylic oxidation sites excluding steroid dienone is 1. The van der Waals surface area contributed by atoms with Crippen molar-refractivity contribution in [3.8, 4) is 0 Å². The Labute approximate surface area is 89.3 Å². The highest BCUT2D eigenvalue weighted by molar-refractivity contribution is 5.95. The molecule has 6 nitrogen and oxygen atoms in total. The van der Waals surface area contributed by atoms with Gasteiger partial charge in [0, 0.05) is 0 Å². The predicted molar refractivity (Wildman–Crippen MR) is 59.9 cm³/mol. The molecule has 0 saturated heterocycles. The van der Waals surface area contributed by atoms with E-state index in [2.05, 4.69) is 9.98 Å². The molecule has 84 valence electrons. The SMILES string of the molecule is C/C=C/CON1C(N)=NC(N)=NC1(C)C. The van der Waals surface area contributed by atoms with Crippen LogP contribution in [0.2, 0.25) is 0 Å². The summed E-state index contributed by atoms with van der Waals surface area (Å²) in [6.07, 6.45) is 3.76. The Hall–Kier alpha value is -1.56. The van der Waals surface area contributed by atoms with Crippen LogP contribution in [0.5, 0.6) is 0 Å². The predicted octanol–water partition coefficient (Wildman–Crippen LogP) is 0.175. The molecular weight excluding hydrogens is 194 g/mol. The number of aliphatic imine (C=N–C) groups is 2. The van der Waals surface area contributed by atoms with Crippen molar-refractivity contribution < 1.29 is 4.84 Å². The average molecular weight is 211 g/mol. The second-order valence-electron chi connectivity index (χ2n) is 3.59. The smallest absolute Gasteiger partial charge is 0.226 e. The first-order valence-electron chi connectivity index (χ1n) is 4.71. The van der Waals surface area contributed by atoms with Crippen molar-refractivity contribution in [3.63, 3.8) is 0 Å². The zero-order valence-electron chi connectivity index (χ0n) is 9.27. The van der Waals surface area contributed by atoms with Crippen LogP contribution in [0.3, 0.4) is 0 Å². The van der Waals surface area contributed by atoms with E-state index in [1.807, 2.05) is 32.9 Å². The van der Waals surface area contributed by atoms with Gasteiger partial charge in [-0.2, -0.15) is 10.1 Å². The first-order valence-corrected chi connectivity index (χ1v) is 4.71. The van der Waals surface area contributed by atoms with Gasteiger partial charge in [-0.3, -0.25) is 4.84 Å². The van der Waals surface area contributed by atoms with Gasteiger partial charge in [0.25, 0.3) is 0 Å². The van der Waals surface area contributed by atoms with Crippen molar-refractivity contribution in [2.75, 3.05) is 6.61 Å². The summed E-state index contributed by atoms with van der Waals surface area (Å²) in [5.41, 5.74) is 10.6. The Bertz CT molecular complexity index is 318. The van der Waals surface area contributed by atoms with Crippen molar-refractivity contribution in [2.45, 2.75) is 26.4 Å². The molecule has 1 heterocycles. The topological polar surface area (TPSA) is 89.2 Å². The van der Waals surface area contributed by atoms with E-state index >= 15 is 0 Å². The Kier molecular flexibility index (Phi) is 3.31. The van der Waals surface area contributed by atoms with Crippen LogP contribution in [0.4, 0.5) is 0 Å². The molecule has 1 aliphatic heterocycles. The van der Waals surface area contributed by atoms with Crippen LogP contribution >= 0.6 is 0 Å². The summed E-state index contributed by atoms with van der Waals surface area (Å²) in [7, 11) is 0. The van der Waals surface area contributed by atoms with Crippen LogP contribution < -0.4 is 11.5 Å². The van der Waals surface area contributed by atoms with E-state index in [0.717, 1.165) is 0 Å². The van der Waals surface area contributed by atoms with Gasteiger partial charge in [-0.25, -0.2) is 4.99 Å². The molecular formula is C9H17N5O. The van der Waals surface area contributed by atoms with Gasteiger partial charge in [0.15, 0.2) is 5.66 Å². The van der Waals surface area contributed by atoms with E-state index in [4.69, 9.17) is 16.3 Å². The van der Waals surface area contributed by atoms with Gasteiger partial charge in [0.1, 0.15) is 0 Å². The normalized spacial score (nSPS) is 20.3. The lowest BCUT2D eigenvalue weighted by molar-refractivity contribution is -0.146. The molecule has 0 radical (unpaired) electrons. The second kappa shape index (κ2) is 4.31. The van der Waals surface area contributed by atoms with Crippen LogP contribution in [-0.4, -0.2) is 29.3 Å². The molecule has 0 aromatic rings. The fraction of sp³-hybridized carbons (Fsp3) is 0.556. The monoisotopic (exact) mass is 211 g/mol. The lowest BCUT2D eigenvalue weighted by atomic mass is 10.2. The Balaban J connectivity index is 2.75. The van der Waals surface area contributed by atoms with E-state index in [0.29, 0.717) is 6.61 Å². The fourth-order valence-electron chi connectivity index (χ4n) is 1.23. The number of hydroxylamine groups is 2. The highest BCUT2D eigenvalue weighted by Gasteiger charge is 2.32. The molecule has 0 aliphatic carbocycles. The molecule has 15 heavy (non-hydrogen) atoms. The third kappa shape index (κ3) is 2.69. The summed E-state index contributed by atoms with van der Waals surface area (Å²) in [5, 5.41) is 1.45. The molecule has 0 spiro atoms. The maximum atomic E-state index is 5.69. The van der Waals surface area contributed by atoms with Crippen LogP contribution in [0.15, 0.2) is 22.1 Å². The molecule has 0 aromatic carbocycles. The first-order chi connectivity index (χ1) is 6.97. The van der Waals surface area contributed by atoms with Crippen molar-refractivity contribution in [3.05, 3.63) is 12.2 Å². The minimum Gasteiger partial charge on any atom is -0.368 e. The molecule has 0 fully saturated rings. The van der Waals surface area contributed by atoms with Crippen LogP contribution in [0.25, 0.3) is 0 Å². The minimum atomic E-state index is -0.627. The number of hydrogen-bond donors (Lipinski definition) is 2. The fourth-order valence-corrected chi connectivity index (χ4v) is 1.23. The Morgan fingerprint density at radius 2 is 2.13 bits per heavy atom. The van der Waals surface area contributed by atoms with E-state index in [-0.39, 0.29) is 11.9 Å². The van der Waals surface area contributed by atoms with Gasteiger partial charge in [0.05, 0.1) is 6.61 Å². The highest BCUT2D eigenvalue weighted by atomic mass is 16.7. The minimum absolute atomic E-state index is 0.170.